The summed E-state index contributed by atoms with van der Waals surface area (Å²) in [6.45, 7) is 0. The van der Waals surface area contributed by atoms with Crippen LogP contribution in [0.25, 0.3) is 0 Å². The number of carboxylic acids is 1. The van der Waals surface area contributed by atoms with Gasteiger partial charge >= 0.3 is 5.97 Å². The van der Waals surface area contributed by atoms with Crippen LogP contribution in [-0.4, -0.2) is 31.5 Å². The molecule has 2 aromatic carbocycles. The fourth-order valence-electron chi connectivity index (χ4n) is 1.95. The molecule has 24 heavy (non-hydrogen) atoms. The number of benzene rings is 2. The molecule has 2 rings (SSSR count). The van der Waals surface area contributed by atoms with Crippen LogP contribution in [0.15, 0.2) is 35.4 Å². The lowest BCUT2D eigenvalue weighted by Gasteiger charge is -2.10. The summed E-state index contributed by atoms with van der Waals surface area (Å²) in [4.78, 5) is 11.0. The van der Waals surface area contributed by atoms with E-state index in [1.54, 1.807) is 18.2 Å². The van der Waals surface area contributed by atoms with Gasteiger partial charge in [0, 0.05) is 0 Å². The number of carboxylic acid groups (broad SMARTS) is 1. The summed E-state index contributed by atoms with van der Waals surface area (Å²) in [6.07, 6.45) is 1.52. The molecule has 0 bridgehead atoms. The number of nitrogens with zero attached hydrogens (tertiary/aromatic N) is 1. The molecule has 6 nitrogen and oxygen atoms in total. The number of hydrazone groups is 1. The molecule has 0 aliphatic rings. The highest BCUT2D eigenvalue weighted by molar-refractivity contribution is 6.33. The van der Waals surface area contributed by atoms with Crippen LogP contribution in [0, 0.1) is 0 Å². The molecule has 0 radical (unpaired) electrons. The van der Waals surface area contributed by atoms with E-state index in [2.05, 4.69) is 10.5 Å². The number of hydrogen-bond acceptors (Lipinski definition) is 5. The first-order chi connectivity index (χ1) is 11.5. The lowest BCUT2D eigenvalue weighted by molar-refractivity contribution is 0.0697. The van der Waals surface area contributed by atoms with Gasteiger partial charge in [0.05, 0.1) is 41.7 Å². The molecule has 0 aromatic heterocycles. The van der Waals surface area contributed by atoms with E-state index in [1.165, 1.54) is 32.6 Å². The zero-order chi connectivity index (χ0) is 17.7. The summed E-state index contributed by atoms with van der Waals surface area (Å²) in [5.74, 6) is -0.196. The van der Waals surface area contributed by atoms with Crippen molar-refractivity contribution in [2.45, 2.75) is 0 Å². The van der Waals surface area contributed by atoms with Crippen molar-refractivity contribution in [3.05, 3.63) is 51.5 Å². The van der Waals surface area contributed by atoms with Crippen molar-refractivity contribution < 1.29 is 19.4 Å². The van der Waals surface area contributed by atoms with Crippen LogP contribution in [0.4, 0.5) is 5.69 Å². The molecule has 0 fully saturated rings. The molecule has 0 heterocycles. The number of ether oxygens (including phenoxy) is 2. The minimum atomic E-state index is -1.11. The number of halogens is 2. The molecule has 126 valence electrons. The zero-order valence-corrected chi connectivity index (χ0v) is 14.4. The Labute approximate surface area is 148 Å². The zero-order valence-electron chi connectivity index (χ0n) is 12.8. The number of anilines is 1. The van der Waals surface area contributed by atoms with E-state index in [0.29, 0.717) is 27.8 Å². The van der Waals surface area contributed by atoms with Gasteiger partial charge in [0.25, 0.3) is 0 Å². The van der Waals surface area contributed by atoms with Crippen LogP contribution in [0.5, 0.6) is 11.5 Å². The highest BCUT2D eigenvalue weighted by atomic mass is 35.5. The van der Waals surface area contributed by atoms with Gasteiger partial charge in [-0.1, -0.05) is 23.2 Å². The van der Waals surface area contributed by atoms with E-state index in [1.807, 2.05) is 0 Å². The third-order valence-electron chi connectivity index (χ3n) is 3.06. The van der Waals surface area contributed by atoms with E-state index in [4.69, 9.17) is 37.8 Å². The molecule has 0 aliphatic carbocycles. The highest BCUT2D eigenvalue weighted by Crippen LogP contribution is 2.35. The van der Waals surface area contributed by atoms with Gasteiger partial charge in [-0.05, 0) is 35.9 Å². The van der Waals surface area contributed by atoms with Gasteiger partial charge in [0.15, 0.2) is 11.5 Å². The van der Waals surface area contributed by atoms with Crippen molar-refractivity contribution in [2.75, 3.05) is 19.6 Å². The van der Waals surface area contributed by atoms with Crippen molar-refractivity contribution >= 4 is 41.1 Å². The second-order valence-electron chi connectivity index (χ2n) is 4.61. The Morgan fingerprint density at radius 3 is 2.54 bits per heavy atom. The molecular formula is C16H14Cl2N2O4. The van der Waals surface area contributed by atoms with Crippen LogP contribution in [0.1, 0.15) is 15.9 Å². The highest BCUT2D eigenvalue weighted by Gasteiger charge is 2.10. The molecule has 8 heteroatoms. The maximum atomic E-state index is 11.0. The summed E-state index contributed by atoms with van der Waals surface area (Å²) in [5, 5.41) is 13.6. The number of rotatable bonds is 6. The van der Waals surface area contributed by atoms with Crippen molar-refractivity contribution in [1.82, 2.24) is 0 Å². The quantitative estimate of drug-likeness (QED) is 0.591. The van der Waals surface area contributed by atoms with E-state index in [-0.39, 0.29) is 10.6 Å². The third-order valence-corrected chi connectivity index (χ3v) is 3.67. The molecular weight excluding hydrogens is 355 g/mol. The Kier molecular flexibility index (Phi) is 5.89. The predicted molar refractivity (Wildman–Crippen MR) is 94.2 cm³/mol. The summed E-state index contributed by atoms with van der Waals surface area (Å²) in [7, 11) is 3.01. The molecule has 0 unspecified atom stereocenters. The van der Waals surface area contributed by atoms with Gasteiger partial charge in [-0.25, -0.2) is 4.79 Å². The molecule has 0 spiro atoms. The molecule has 0 saturated heterocycles. The van der Waals surface area contributed by atoms with Crippen molar-refractivity contribution in [1.29, 1.82) is 0 Å². The van der Waals surface area contributed by atoms with Crippen LogP contribution in [-0.2, 0) is 0 Å². The van der Waals surface area contributed by atoms with E-state index < -0.39 is 5.97 Å². The Morgan fingerprint density at radius 2 is 1.92 bits per heavy atom. The molecule has 0 atom stereocenters. The Hall–Kier alpha value is -2.44. The normalized spacial score (nSPS) is 10.7. The van der Waals surface area contributed by atoms with Crippen molar-refractivity contribution in [3.63, 3.8) is 0 Å². The first-order valence-electron chi connectivity index (χ1n) is 6.69. The van der Waals surface area contributed by atoms with Crippen LogP contribution in [0.3, 0.4) is 0 Å². The van der Waals surface area contributed by atoms with E-state index >= 15 is 0 Å². The van der Waals surface area contributed by atoms with Crippen LogP contribution in [0.2, 0.25) is 10.0 Å². The van der Waals surface area contributed by atoms with E-state index in [9.17, 15) is 4.79 Å². The van der Waals surface area contributed by atoms with Crippen LogP contribution >= 0.6 is 23.2 Å². The standard InChI is InChI=1S/C16H14Cl2N2O4/c1-23-14-6-9(5-13(18)15(14)24-2)8-19-20-10-3-4-12(17)11(7-10)16(21)22/h3-8,20H,1-2H3,(H,21,22). The predicted octanol–water partition coefficient (Wildman–Crippen LogP) is 4.15. The smallest absolute Gasteiger partial charge is 0.337 e. The van der Waals surface area contributed by atoms with Gasteiger partial charge in [-0.15, -0.1) is 0 Å². The largest absolute Gasteiger partial charge is 0.493 e. The Balaban J connectivity index is 2.19. The molecule has 0 aliphatic heterocycles. The number of hydrogen-bond donors (Lipinski definition) is 2. The van der Waals surface area contributed by atoms with Crippen LogP contribution < -0.4 is 14.9 Å². The Morgan fingerprint density at radius 1 is 1.17 bits per heavy atom. The average Bonchev–Trinajstić information content (AvgIpc) is 2.55. The number of carbonyl (C=O) groups is 1. The summed E-state index contributed by atoms with van der Waals surface area (Å²) in [6, 6.07) is 7.87. The van der Waals surface area contributed by atoms with Gasteiger partial charge in [0.2, 0.25) is 0 Å². The van der Waals surface area contributed by atoms with Gasteiger partial charge in [-0.2, -0.15) is 5.10 Å². The fraction of sp³-hybridized carbons (Fsp3) is 0.125. The first-order valence-corrected chi connectivity index (χ1v) is 7.45. The number of aromatic carboxylic acids is 1. The molecule has 0 amide bonds. The molecule has 2 aromatic rings. The second-order valence-corrected chi connectivity index (χ2v) is 5.42. The fourth-order valence-corrected chi connectivity index (χ4v) is 2.45. The lowest BCUT2D eigenvalue weighted by Crippen LogP contribution is -1.99. The van der Waals surface area contributed by atoms with E-state index in [0.717, 1.165) is 0 Å². The maximum absolute atomic E-state index is 11.0. The maximum Gasteiger partial charge on any atom is 0.337 e. The average molecular weight is 369 g/mol. The SMILES string of the molecule is COc1cc(C=NNc2ccc(Cl)c(C(=O)O)c2)cc(Cl)c1OC. The monoisotopic (exact) mass is 368 g/mol. The first kappa shape index (κ1) is 17.9. The van der Waals surface area contributed by atoms with Crippen molar-refractivity contribution in [3.8, 4) is 11.5 Å². The minimum absolute atomic E-state index is 0.00831. The van der Waals surface area contributed by atoms with Gasteiger partial charge < -0.3 is 14.6 Å². The summed E-state index contributed by atoms with van der Waals surface area (Å²) >= 11 is 11.9. The molecule has 2 N–H and O–H groups in total. The minimum Gasteiger partial charge on any atom is -0.493 e. The summed E-state index contributed by atoms with van der Waals surface area (Å²) in [5.41, 5.74) is 3.89. The van der Waals surface area contributed by atoms with Gasteiger partial charge in [-0.3, -0.25) is 5.43 Å². The van der Waals surface area contributed by atoms with Gasteiger partial charge in [0.1, 0.15) is 0 Å². The lowest BCUT2D eigenvalue weighted by atomic mass is 10.2. The van der Waals surface area contributed by atoms with Crippen molar-refractivity contribution in [2.24, 2.45) is 5.10 Å². The Bertz CT molecular complexity index is 794. The number of nitrogens with one attached hydrogen (secondary N) is 1. The number of methoxy groups -OCH3 is 2. The second kappa shape index (κ2) is 7.90. The summed E-state index contributed by atoms with van der Waals surface area (Å²) < 4.78 is 10.4. The molecule has 0 saturated carbocycles. The third kappa shape index (κ3) is 4.10. The topological polar surface area (TPSA) is 80.2 Å².